The predicted octanol–water partition coefficient (Wildman–Crippen LogP) is 3.45. The van der Waals surface area contributed by atoms with Crippen LogP contribution >= 0.6 is 11.3 Å². The van der Waals surface area contributed by atoms with E-state index in [1.165, 1.54) is 17.4 Å². The Morgan fingerprint density at radius 3 is 2.82 bits per heavy atom. The Labute approximate surface area is 105 Å². The molecule has 0 aliphatic rings. The number of nitrogens with zero attached hydrogens (tertiary/aromatic N) is 1. The van der Waals surface area contributed by atoms with E-state index < -0.39 is 0 Å². The Hall–Kier alpha value is -1.26. The Morgan fingerprint density at radius 1 is 1.35 bits per heavy atom. The average Bonchev–Trinajstić information content (AvgIpc) is 2.75. The van der Waals surface area contributed by atoms with E-state index in [2.05, 4.69) is 24.1 Å². The van der Waals surface area contributed by atoms with E-state index in [0.717, 1.165) is 16.4 Å². The smallest absolute Gasteiger partial charge is 0.133 e. The van der Waals surface area contributed by atoms with E-state index in [-0.39, 0.29) is 5.82 Å². The zero-order valence-corrected chi connectivity index (χ0v) is 10.7. The molecule has 1 aromatic carbocycles. The third-order valence-corrected chi connectivity index (χ3v) is 3.37. The molecule has 4 heteroatoms. The van der Waals surface area contributed by atoms with E-state index in [0.29, 0.717) is 11.6 Å². The molecule has 0 fully saturated rings. The number of thiazole rings is 1. The molecule has 0 aliphatic carbocycles. The molecule has 0 unspecified atom stereocenters. The molecule has 2 aromatic rings. The van der Waals surface area contributed by atoms with Gasteiger partial charge in [-0.3, -0.25) is 0 Å². The van der Waals surface area contributed by atoms with Crippen molar-refractivity contribution in [1.82, 2.24) is 10.3 Å². The predicted molar refractivity (Wildman–Crippen MR) is 69.5 cm³/mol. The minimum absolute atomic E-state index is 0.217. The third-order valence-electron chi connectivity index (χ3n) is 2.34. The first-order chi connectivity index (χ1) is 8.16. The fourth-order valence-corrected chi connectivity index (χ4v) is 2.34. The maximum atomic E-state index is 13.5. The Morgan fingerprint density at radius 2 is 2.12 bits per heavy atom. The van der Waals surface area contributed by atoms with Gasteiger partial charge in [0.15, 0.2) is 0 Å². The minimum Gasteiger partial charge on any atom is -0.310 e. The molecule has 0 atom stereocenters. The lowest BCUT2D eigenvalue weighted by Crippen LogP contribution is -2.21. The second kappa shape index (κ2) is 5.38. The van der Waals surface area contributed by atoms with Gasteiger partial charge in [0, 0.05) is 29.2 Å². The molecule has 2 nitrogen and oxygen atoms in total. The highest BCUT2D eigenvalue weighted by atomic mass is 32.1. The van der Waals surface area contributed by atoms with E-state index in [9.17, 15) is 4.39 Å². The number of hydrogen-bond donors (Lipinski definition) is 1. The fraction of sp³-hybridized carbons (Fsp3) is 0.308. The molecule has 0 radical (unpaired) electrons. The summed E-state index contributed by atoms with van der Waals surface area (Å²) in [6.45, 7) is 4.97. The van der Waals surface area contributed by atoms with Crippen LogP contribution in [0.5, 0.6) is 0 Å². The van der Waals surface area contributed by atoms with Gasteiger partial charge in [0.25, 0.3) is 0 Å². The average molecular weight is 250 g/mol. The highest BCUT2D eigenvalue weighted by molar-refractivity contribution is 7.15. The summed E-state index contributed by atoms with van der Waals surface area (Å²) in [4.78, 5) is 5.39. The number of nitrogens with one attached hydrogen (secondary N) is 1. The molecule has 0 saturated carbocycles. The molecule has 90 valence electrons. The van der Waals surface area contributed by atoms with Crippen molar-refractivity contribution in [3.63, 3.8) is 0 Å². The van der Waals surface area contributed by atoms with Crippen molar-refractivity contribution in [3.8, 4) is 10.6 Å². The van der Waals surface area contributed by atoms with Crippen molar-refractivity contribution in [1.29, 1.82) is 0 Å². The quantitative estimate of drug-likeness (QED) is 0.899. The van der Waals surface area contributed by atoms with Gasteiger partial charge in [0.1, 0.15) is 10.8 Å². The first kappa shape index (κ1) is 12.2. The summed E-state index contributed by atoms with van der Waals surface area (Å²) in [6, 6.07) is 7.17. The van der Waals surface area contributed by atoms with Crippen LogP contribution in [-0.2, 0) is 6.54 Å². The van der Waals surface area contributed by atoms with Crippen molar-refractivity contribution in [3.05, 3.63) is 41.2 Å². The third kappa shape index (κ3) is 3.11. The van der Waals surface area contributed by atoms with Crippen molar-refractivity contribution in [2.24, 2.45) is 0 Å². The summed E-state index contributed by atoms with van der Waals surface area (Å²) < 4.78 is 13.5. The van der Waals surface area contributed by atoms with Crippen LogP contribution in [0.25, 0.3) is 10.6 Å². The molecule has 1 N–H and O–H groups in total. The lowest BCUT2D eigenvalue weighted by Gasteiger charge is -2.04. The number of halogens is 1. The van der Waals surface area contributed by atoms with Crippen LogP contribution in [0, 0.1) is 5.82 Å². The second-order valence-corrected chi connectivity index (χ2v) is 5.26. The summed E-state index contributed by atoms with van der Waals surface area (Å²) in [5, 5.41) is 4.06. The van der Waals surface area contributed by atoms with Gasteiger partial charge in [0.2, 0.25) is 0 Å². The topological polar surface area (TPSA) is 24.9 Å². The molecule has 1 aromatic heterocycles. The van der Waals surface area contributed by atoms with Crippen LogP contribution in [0.2, 0.25) is 0 Å². The minimum atomic E-state index is -0.217. The first-order valence-corrected chi connectivity index (χ1v) is 6.41. The highest BCUT2D eigenvalue weighted by Gasteiger charge is 2.08. The van der Waals surface area contributed by atoms with Crippen molar-refractivity contribution in [2.45, 2.75) is 26.4 Å². The fourth-order valence-electron chi connectivity index (χ4n) is 1.45. The van der Waals surface area contributed by atoms with Crippen LogP contribution in [0.4, 0.5) is 4.39 Å². The van der Waals surface area contributed by atoms with Gasteiger partial charge in [-0.1, -0.05) is 26.0 Å². The van der Waals surface area contributed by atoms with Gasteiger partial charge < -0.3 is 5.32 Å². The van der Waals surface area contributed by atoms with Crippen LogP contribution in [0.1, 0.15) is 18.7 Å². The zero-order valence-electron chi connectivity index (χ0n) is 9.90. The molecular formula is C13H15FN2S. The van der Waals surface area contributed by atoms with Crippen LogP contribution in [0.15, 0.2) is 30.5 Å². The molecule has 17 heavy (non-hydrogen) atoms. The van der Waals surface area contributed by atoms with Gasteiger partial charge in [0.05, 0.1) is 0 Å². The SMILES string of the molecule is CC(C)NCc1cnc(-c2ccccc2F)s1. The number of hydrogen-bond acceptors (Lipinski definition) is 3. The molecule has 0 bridgehead atoms. The largest absolute Gasteiger partial charge is 0.310 e. The summed E-state index contributed by atoms with van der Waals surface area (Å²) >= 11 is 1.53. The standard InChI is InChI=1S/C13H15FN2S/c1-9(2)15-7-10-8-16-13(17-10)11-5-3-4-6-12(11)14/h3-6,8-9,15H,7H2,1-2H3. The second-order valence-electron chi connectivity index (χ2n) is 4.15. The molecule has 1 heterocycles. The molecule has 0 amide bonds. The summed E-state index contributed by atoms with van der Waals surface area (Å²) in [6.07, 6.45) is 1.81. The number of benzene rings is 1. The normalized spacial score (nSPS) is 11.1. The molecular weight excluding hydrogens is 235 g/mol. The Bertz CT molecular complexity index is 494. The number of aromatic nitrogens is 1. The Balaban J connectivity index is 2.16. The lowest BCUT2D eigenvalue weighted by molar-refractivity contribution is 0.593. The first-order valence-electron chi connectivity index (χ1n) is 5.60. The van der Waals surface area contributed by atoms with E-state index in [1.807, 2.05) is 12.3 Å². The van der Waals surface area contributed by atoms with Gasteiger partial charge in [-0.15, -0.1) is 11.3 Å². The van der Waals surface area contributed by atoms with Crippen LogP contribution < -0.4 is 5.32 Å². The maximum Gasteiger partial charge on any atom is 0.133 e. The summed E-state index contributed by atoms with van der Waals surface area (Å²) in [5.41, 5.74) is 0.577. The Kier molecular flexibility index (Phi) is 3.86. The maximum absolute atomic E-state index is 13.5. The van der Waals surface area contributed by atoms with Gasteiger partial charge in [-0.2, -0.15) is 0 Å². The molecule has 0 aliphatic heterocycles. The van der Waals surface area contributed by atoms with Crippen molar-refractivity contribution >= 4 is 11.3 Å². The number of rotatable bonds is 4. The molecule has 0 spiro atoms. The zero-order chi connectivity index (χ0) is 12.3. The summed E-state index contributed by atoms with van der Waals surface area (Å²) in [7, 11) is 0. The van der Waals surface area contributed by atoms with Gasteiger partial charge >= 0.3 is 0 Å². The van der Waals surface area contributed by atoms with Gasteiger partial charge in [-0.25, -0.2) is 9.37 Å². The monoisotopic (exact) mass is 250 g/mol. The van der Waals surface area contributed by atoms with E-state index in [4.69, 9.17) is 0 Å². The van der Waals surface area contributed by atoms with Crippen LogP contribution in [-0.4, -0.2) is 11.0 Å². The highest BCUT2D eigenvalue weighted by Crippen LogP contribution is 2.27. The van der Waals surface area contributed by atoms with Gasteiger partial charge in [-0.05, 0) is 12.1 Å². The van der Waals surface area contributed by atoms with Crippen molar-refractivity contribution in [2.75, 3.05) is 0 Å². The summed E-state index contributed by atoms with van der Waals surface area (Å²) in [5.74, 6) is -0.217. The van der Waals surface area contributed by atoms with Crippen LogP contribution in [0.3, 0.4) is 0 Å². The lowest BCUT2D eigenvalue weighted by atomic mass is 10.2. The van der Waals surface area contributed by atoms with E-state index >= 15 is 0 Å². The van der Waals surface area contributed by atoms with E-state index in [1.54, 1.807) is 12.1 Å². The molecule has 0 saturated heterocycles. The van der Waals surface area contributed by atoms with Crippen molar-refractivity contribution < 1.29 is 4.39 Å². The molecule has 2 rings (SSSR count).